The summed E-state index contributed by atoms with van der Waals surface area (Å²) in [4.78, 5) is 53.4. The lowest BCUT2D eigenvalue weighted by Crippen LogP contribution is -2.69. The minimum atomic E-state index is -1.38. The van der Waals surface area contributed by atoms with Gasteiger partial charge in [-0.1, -0.05) is 0 Å². The van der Waals surface area contributed by atoms with E-state index in [0.717, 1.165) is 0 Å². The number of nitrogens with zero attached hydrogens (tertiary/aromatic N) is 1. The van der Waals surface area contributed by atoms with Crippen molar-refractivity contribution in [2.45, 2.75) is 86.7 Å². The first-order chi connectivity index (χ1) is 14.4. The smallest absolute Gasteiger partial charge is 0.312 e. The van der Waals surface area contributed by atoms with Crippen molar-refractivity contribution in [1.82, 2.24) is 4.90 Å². The van der Waals surface area contributed by atoms with Gasteiger partial charge in [0, 0.05) is 18.1 Å². The molecule has 0 radical (unpaired) electrons. The quantitative estimate of drug-likeness (QED) is 0.458. The fraction of sp³-hybridized carbons (Fsp3) is 0.826. The zero-order valence-electron chi connectivity index (χ0n) is 20.6. The Morgan fingerprint density at radius 3 is 1.69 bits per heavy atom. The molecule has 0 N–H and O–H groups in total. The summed E-state index contributed by atoms with van der Waals surface area (Å²) < 4.78 is 17.3. The maximum atomic E-state index is 13.4. The number of piperidine rings is 1. The van der Waals surface area contributed by atoms with Gasteiger partial charge in [-0.25, -0.2) is 0 Å². The number of carbonyl (C=O) groups is 4. The zero-order chi connectivity index (χ0) is 24.6. The molecule has 0 spiro atoms. The van der Waals surface area contributed by atoms with Gasteiger partial charge >= 0.3 is 17.9 Å². The van der Waals surface area contributed by atoms with Crippen LogP contribution in [-0.4, -0.2) is 71.1 Å². The van der Waals surface area contributed by atoms with Crippen LogP contribution in [0.1, 0.15) is 62.3 Å². The zero-order valence-corrected chi connectivity index (χ0v) is 21.5. The Bertz CT molecular complexity index is 760. The fourth-order valence-electron chi connectivity index (χ4n) is 3.15. The molecule has 2 aliphatic heterocycles. The van der Waals surface area contributed by atoms with Crippen molar-refractivity contribution >= 4 is 35.6 Å². The van der Waals surface area contributed by atoms with E-state index in [9.17, 15) is 19.2 Å². The van der Waals surface area contributed by atoms with E-state index in [0.29, 0.717) is 18.1 Å². The number of rotatable bonds is 3. The largest absolute Gasteiger partial charge is 0.456 e. The maximum absolute atomic E-state index is 13.4. The molecule has 2 rings (SSSR count). The number of carbonyl (C=O) groups excluding carboxylic acids is 4. The van der Waals surface area contributed by atoms with Crippen molar-refractivity contribution < 1.29 is 33.4 Å². The molecule has 4 unspecified atom stereocenters. The van der Waals surface area contributed by atoms with E-state index in [4.69, 9.17) is 14.2 Å². The van der Waals surface area contributed by atoms with Crippen LogP contribution < -0.4 is 0 Å². The lowest BCUT2D eigenvalue weighted by Gasteiger charge is -2.49. The highest BCUT2D eigenvalue weighted by Crippen LogP contribution is 2.35. The summed E-state index contributed by atoms with van der Waals surface area (Å²) in [5.74, 6) is -0.835. The molecule has 0 aromatic heterocycles. The van der Waals surface area contributed by atoms with Crippen LogP contribution in [0.3, 0.4) is 0 Å². The number of thioether (sulfide) groups is 1. The highest BCUT2D eigenvalue weighted by Gasteiger charge is 2.56. The molecular weight excluding hydrogens is 434 g/mol. The first-order valence-corrected chi connectivity index (χ1v) is 12.1. The molecule has 0 bridgehead atoms. The number of hydrogen-bond donors (Lipinski definition) is 0. The van der Waals surface area contributed by atoms with Crippen LogP contribution in [0, 0.1) is 16.2 Å². The third kappa shape index (κ3) is 5.97. The number of fused-ring (bicyclic) bond motifs is 1. The first-order valence-electron chi connectivity index (χ1n) is 11.0. The molecule has 0 aromatic carbocycles. The van der Waals surface area contributed by atoms with Gasteiger partial charge in [0.1, 0.15) is 0 Å². The topological polar surface area (TPSA) is 99.2 Å². The average Bonchev–Trinajstić information content (AvgIpc) is 2.64. The summed E-state index contributed by atoms with van der Waals surface area (Å²) in [5, 5.41) is 0. The Labute approximate surface area is 195 Å². The van der Waals surface area contributed by atoms with E-state index in [2.05, 4.69) is 0 Å². The van der Waals surface area contributed by atoms with Crippen LogP contribution in [0.4, 0.5) is 0 Å². The van der Waals surface area contributed by atoms with Crippen LogP contribution >= 0.6 is 11.8 Å². The van der Waals surface area contributed by atoms with Gasteiger partial charge in [-0.05, 0) is 62.3 Å². The highest BCUT2D eigenvalue weighted by molar-refractivity contribution is 7.99. The summed E-state index contributed by atoms with van der Waals surface area (Å²) in [7, 11) is 0. The SMILES string of the molecule is CC(C)(C)C(=O)OC1C(=O)N2CCSCC2C(OC(=O)C(C)(C)C)C1OC(=O)C(C)(C)C. The van der Waals surface area contributed by atoms with Gasteiger partial charge in [-0.3, -0.25) is 19.2 Å². The van der Waals surface area contributed by atoms with Crippen LogP contribution in [0.5, 0.6) is 0 Å². The van der Waals surface area contributed by atoms with Crippen molar-refractivity contribution in [2.24, 2.45) is 16.2 Å². The molecule has 1 amide bonds. The molecule has 9 heteroatoms. The third-order valence-electron chi connectivity index (χ3n) is 5.25. The number of amides is 1. The van der Waals surface area contributed by atoms with Crippen molar-refractivity contribution in [3.05, 3.63) is 0 Å². The van der Waals surface area contributed by atoms with Gasteiger partial charge in [-0.2, -0.15) is 11.8 Å². The van der Waals surface area contributed by atoms with Crippen molar-refractivity contribution in [3.63, 3.8) is 0 Å². The Morgan fingerprint density at radius 1 is 0.781 bits per heavy atom. The van der Waals surface area contributed by atoms with Gasteiger partial charge in [0.2, 0.25) is 6.10 Å². The monoisotopic (exact) mass is 471 g/mol. The molecule has 0 aromatic rings. The Balaban J connectivity index is 2.52. The number of ether oxygens (including phenoxy) is 3. The maximum Gasteiger partial charge on any atom is 0.312 e. The Morgan fingerprint density at radius 2 is 1.22 bits per heavy atom. The standard InChI is InChI=1S/C23H37NO7S/c1-21(2,3)18(26)29-14-13-12-32-11-10-24(13)17(25)16(31-20(28)23(7,8)9)15(14)30-19(27)22(4,5)6/h13-16H,10-12H2,1-9H3. The van der Waals surface area contributed by atoms with E-state index in [-0.39, 0.29) is 0 Å². The van der Waals surface area contributed by atoms with Crippen molar-refractivity contribution in [1.29, 1.82) is 0 Å². The second kappa shape index (κ2) is 9.23. The molecule has 2 aliphatic rings. The summed E-state index contributed by atoms with van der Waals surface area (Å²) in [6.45, 7) is 15.7. The second-order valence-electron chi connectivity index (χ2n) is 11.5. The molecule has 8 nitrogen and oxygen atoms in total. The van der Waals surface area contributed by atoms with Crippen molar-refractivity contribution in [2.75, 3.05) is 18.1 Å². The molecule has 0 saturated carbocycles. The summed E-state index contributed by atoms with van der Waals surface area (Å²) in [6, 6.07) is -0.477. The van der Waals surface area contributed by atoms with E-state index in [1.807, 2.05) is 0 Å². The van der Waals surface area contributed by atoms with E-state index >= 15 is 0 Å². The molecule has 2 heterocycles. The molecular formula is C23H37NO7S. The van der Waals surface area contributed by atoms with Gasteiger partial charge in [0.05, 0.1) is 22.3 Å². The molecule has 4 atom stereocenters. The van der Waals surface area contributed by atoms with Gasteiger partial charge < -0.3 is 19.1 Å². The fourth-order valence-corrected chi connectivity index (χ4v) is 4.25. The minimum absolute atomic E-state index is 0.428. The number of hydrogen-bond acceptors (Lipinski definition) is 8. The van der Waals surface area contributed by atoms with Gasteiger partial charge in [0.25, 0.3) is 5.91 Å². The molecule has 2 saturated heterocycles. The third-order valence-corrected chi connectivity index (χ3v) is 6.30. The predicted octanol–water partition coefficient (Wildman–Crippen LogP) is 2.82. The summed E-state index contributed by atoms with van der Waals surface area (Å²) in [5.41, 5.74) is -2.53. The van der Waals surface area contributed by atoms with Crippen LogP contribution in [0.25, 0.3) is 0 Å². The molecule has 0 aliphatic carbocycles. The summed E-state index contributed by atoms with van der Waals surface area (Å²) in [6.07, 6.45) is -3.56. The van der Waals surface area contributed by atoms with Crippen LogP contribution in [-0.2, 0) is 33.4 Å². The molecule has 2 fully saturated rings. The average molecular weight is 472 g/mol. The number of esters is 3. The lowest BCUT2D eigenvalue weighted by atomic mass is 9.90. The van der Waals surface area contributed by atoms with E-state index in [1.54, 1.807) is 79.0 Å². The molecule has 32 heavy (non-hydrogen) atoms. The summed E-state index contributed by atoms with van der Waals surface area (Å²) >= 11 is 1.63. The first kappa shape index (κ1) is 26.5. The van der Waals surface area contributed by atoms with E-state index < -0.39 is 64.4 Å². The van der Waals surface area contributed by atoms with Crippen LogP contribution in [0.15, 0.2) is 0 Å². The Kier molecular flexibility index (Phi) is 7.64. The highest BCUT2D eigenvalue weighted by atomic mass is 32.2. The minimum Gasteiger partial charge on any atom is -0.456 e. The van der Waals surface area contributed by atoms with Gasteiger partial charge in [-0.15, -0.1) is 0 Å². The van der Waals surface area contributed by atoms with Crippen LogP contribution in [0.2, 0.25) is 0 Å². The molecule has 182 valence electrons. The predicted molar refractivity (Wildman–Crippen MR) is 121 cm³/mol. The van der Waals surface area contributed by atoms with Gasteiger partial charge in [0.15, 0.2) is 12.2 Å². The van der Waals surface area contributed by atoms with Crippen molar-refractivity contribution in [3.8, 4) is 0 Å². The Hall–Kier alpha value is -1.77. The lowest BCUT2D eigenvalue weighted by molar-refractivity contribution is -0.215. The second-order valence-corrected chi connectivity index (χ2v) is 12.6. The van der Waals surface area contributed by atoms with E-state index in [1.165, 1.54) is 0 Å². The normalized spacial score (nSPS) is 26.8.